The first-order chi connectivity index (χ1) is 11.1. The Morgan fingerprint density at radius 2 is 1.83 bits per heavy atom. The van der Waals surface area contributed by atoms with Gasteiger partial charge in [-0.05, 0) is 34.6 Å². The Labute approximate surface area is 138 Å². The van der Waals surface area contributed by atoms with Gasteiger partial charge in [-0.1, -0.05) is 42.5 Å². The summed E-state index contributed by atoms with van der Waals surface area (Å²) in [5.74, 6) is -0.415. The monoisotopic (exact) mass is 329 g/mol. The lowest BCUT2D eigenvalue weighted by Gasteiger charge is -2.08. The molecular weight excluding hydrogens is 314 g/mol. The Hall–Kier alpha value is -2.93. The first-order valence-corrected chi connectivity index (χ1v) is 7.12. The highest BCUT2D eigenvalue weighted by Gasteiger charge is 2.03. The van der Waals surface area contributed by atoms with Crippen LogP contribution in [0.2, 0.25) is 0 Å². The molecule has 3 N–H and O–H groups in total. The SMILES string of the molecule is COC(=O)NNC(=S)NC(=O)C=Cc1cccc2ccccc12. The highest BCUT2D eigenvalue weighted by molar-refractivity contribution is 7.80. The second kappa shape index (κ2) is 7.90. The second-order valence-corrected chi connectivity index (χ2v) is 4.87. The van der Waals surface area contributed by atoms with E-state index >= 15 is 0 Å². The molecule has 0 unspecified atom stereocenters. The van der Waals surface area contributed by atoms with Crippen molar-refractivity contribution in [3.05, 3.63) is 54.1 Å². The van der Waals surface area contributed by atoms with E-state index in [1.807, 2.05) is 42.5 Å². The summed E-state index contributed by atoms with van der Waals surface area (Å²) in [5.41, 5.74) is 5.40. The van der Waals surface area contributed by atoms with Crippen molar-refractivity contribution in [3.63, 3.8) is 0 Å². The Morgan fingerprint density at radius 3 is 2.61 bits per heavy atom. The van der Waals surface area contributed by atoms with Gasteiger partial charge in [0.15, 0.2) is 5.11 Å². The van der Waals surface area contributed by atoms with Crippen molar-refractivity contribution in [1.82, 2.24) is 16.2 Å². The molecule has 0 heterocycles. The molecular formula is C16H15N3O3S. The number of rotatable bonds is 2. The summed E-state index contributed by atoms with van der Waals surface area (Å²) in [7, 11) is 1.21. The average molecular weight is 329 g/mol. The molecule has 0 aliphatic heterocycles. The average Bonchev–Trinajstić information content (AvgIpc) is 2.57. The quantitative estimate of drug-likeness (QED) is 0.447. The number of thiocarbonyl (C=S) groups is 1. The Morgan fingerprint density at radius 1 is 1.09 bits per heavy atom. The van der Waals surface area contributed by atoms with Gasteiger partial charge < -0.3 is 4.74 Å². The largest absolute Gasteiger partial charge is 0.452 e. The van der Waals surface area contributed by atoms with Crippen molar-refractivity contribution in [2.24, 2.45) is 0 Å². The predicted octanol–water partition coefficient (Wildman–Crippen LogP) is 2.11. The molecule has 2 aromatic rings. The normalized spacial score (nSPS) is 10.3. The smallest absolute Gasteiger partial charge is 0.425 e. The first-order valence-electron chi connectivity index (χ1n) is 6.71. The van der Waals surface area contributed by atoms with E-state index in [4.69, 9.17) is 12.2 Å². The van der Waals surface area contributed by atoms with E-state index in [9.17, 15) is 9.59 Å². The van der Waals surface area contributed by atoms with Crippen LogP contribution in [0.1, 0.15) is 5.56 Å². The van der Waals surface area contributed by atoms with Crippen LogP contribution in [-0.4, -0.2) is 24.2 Å². The molecule has 0 atom stereocenters. The minimum Gasteiger partial charge on any atom is -0.452 e. The summed E-state index contributed by atoms with van der Waals surface area (Å²) < 4.78 is 4.35. The van der Waals surface area contributed by atoms with Crippen LogP contribution >= 0.6 is 12.2 Å². The molecule has 6 nitrogen and oxygen atoms in total. The topological polar surface area (TPSA) is 79.5 Å². The van der Waals surface area contributed by atoms with Gasteiger partial charge in [-0.3, -0.25) is 15.5 Å². The van der Waals surface area contributed by atoms with Crippen LogP contribution in [0.4, 0.5) is 4.79 Å². The minimum absolute atomic E-state index is 0.0389. The van der Waals surface area contributed by atoms with Crippen molar-refractivity contribution in [2.75, 3.05) is 7.11 Å². The molecule has 23 heavy (non-hydrogen) atoms. The van der Waals surface area contributed by atoms with Crippen LogP contribution in [0, 0.1) is 0 Å². The molecule has 0 bridgehead atoms. The minimum atomic E-state index is -0.715. The van der Waals surface area contributed by atoms with E-state index in [0.717, 1.165) is 16.3 Å². The maximum atomic E-state index is 11.8. The van der Waals surface area contributed by atoms with Gasteiger partial charge in [-0.25, -0.2) is 10.2 Å². The van der Waals surface area contributed by atoms with E-state index in [-0.39, 0.29) is 5.11 Å². The van der Waals surface area contributed by atoms with Crippen molar-refractivity contribution in [3.8, 4) is 0 Å². The zero-order chi connectivity index (χ0) is 16.7. The molecule has 0 saturated heterocycles. The lowest BCUT2D eigenvalue weighted by Crippen LogP contribution is -2.48. The van der Waals surface area contributed by atoms with Crippen LogP contribution in [0.25, 0.3) is 16.8 Å². The molecule has 0 aliphatic rings. The third-order valence-corrected chi connectivity index (χ3v) is 3.14. The molecule has 0 aromatic heterocycles. The summed E-state index contributed by atoms with van der Waals surface area (Å²) >= 11 is 4.86. The van der Waals surface area contributed by atoms with Gasteiger partial charge in [0.25, 0.3) is 0 Å². The van der Waals surface area contributed by atoms with Gasteiger partial charge in [0, 0.05) is 6.08 Å². The van der Waals surface area contributed by atoms with Gasteiger partial charge in [-0.2, -0.15) is 0 Å². The molecule has 118 valence electrons. The predicted molar refractivity (Wildman–Crippen MR) is 92.4 cm³/mol. The van der Waals surface area contributed by atoms with Crippen LogP contribution < -0.4 is 16.2 Å². The number of hydrogen-bond donors (Lipinski definition) is 3. The highest BCUT2D eigenvalue weighted by atomic mass is 32.1. The van der Waals surface area contributed by atoms with E-state index in [0.29, 0.717) is 0 Å². The fourth-order valence-electron chi connectivity index (χ4n) is 1.90. The number of carbonyl (C=O) groups is 2. The Bertz CT molecular complexity index is 769. The van der Waals surface area contributed by atoms with E-state index < -0.39 is 12.0 Å². The second-order valence-electron chi connectivity index (χ2n) is 4.46. The van der Waals surface area contributed by atoms with Crippen molar-refractivity contribution in [1.29, 1.82) is 0 Å². The number of hydrogen-bond acceptors (Lipinski definition) is 4. The molecule has 0 spiro atoms. The van der Waals surface area contributed by atoms with Gasteiger partial charge >= 0.3 is 6.09 Å². The van der Waals surface area contributed by atoms with Crippen LogP contribution in [0.3, 0.4) is 0 Å². The van der Waals surface area contributed by atoms with E-state index in [2.05, 4.69) is 20.9 Å². The maximum Gasteiger partial charge on any atom is 0.425 e. The van der Waals surface area contributed by atoms with Crippen LogP contribution in [-0.2, 0) is 9.53 Å². The lowest BCUT2D eigenvalue weighted by atomic mass is 10.0. The number of fused-ring (bicyclic) bond motifs is 1. The summed E-state index contributed by atoms with van der Waals surface area (Å²) in [4.78, 5) is 22.7. The molecule has 0 fully saturated rings. The standard InChI is InChI=1S/C16H15N3O3S/c1-22-16(21)19-18-15(23)17-14(20)10-9-12-7-4-6-11-5-2-3-8-13(11)12/h2-10H,1H3,(H,19,21)(H2,17,18,20,23). The van der Waals surface area contributed by atoms with Gasteiger partial charge in [0.1, 0.15) is 0 Å². The summed E-state index contributed by atoms with van der Waals surface area (Å²) in [6, 6.07) is 13.7. The number of ether oxygens (including phenoxy) is 1. The Kier molecular flexibility index (Phi) is 5.65. The summed E-state index contributed by atoms with van der Waals surface area (Å²) in [6.45, 7) is 0. The number of nitrogens with one attached hydrogen (secondary N) is 3. The number of benzene rings is 2. The van der Waals surface area contributed by atoms with Crippen LogP contribution in [0.5, 0.6) is 0 Å². The molecule has 2 amide bonds. The number of methoxy groups -OCH3 is 1. The van der Waals surface area contributed by atoms with Crippen molar-refractivity contribution in [2.45, 2.75) is 0 Å². The maximum absolute atomic E-state index is 11.8. The lowest BCUT2D eigenvalue weighted by molar-refractivity contribution is -0.115. The van der Waals surface area contributed by atoms with E-state index in [1.165, 1.54) is 13.2 Å². The third-order valence-electron chi connectivity index (χ3n) is 2.94. The van der Waals surface area contributed by atoms with Gasteiger partial charge in [-0.15, -0.1) is 0 Å². The molecule has 0 radical (unpaired) electrons. The van der Waals surface area contributed by atoms with Gasteiger partial charge in [0.05, 0.1) is 7.11 Å². The number of carbonyl (C=O) groups excluding carboxylic acids is 2. The number of amides is 2. The summed E-state index contributed by atoms with van der Waals surface area (Å²) in [5, 5.41) is 4.50. The fraction of sp³-hybridized carbons (Fsp3) is 0.0625. The number of hydrazine groups is 1. The molecule has 0 aliphatic carbocycles. The molecule has 0 saturated carbocycles. The van der Waals surface area contributed by atoms with Gasteiger partial charge in [0.2, 0.25) is 5.91 Å². The first kappa shape index (κ1) is 16.4. The van der Waals surface area contributed by atoms with Crippen molar-refractivity contribution < 1.29 is 14.3 Å². The molecule has 2 rings (SSSR count). The zero-order valence-corrected chi connectivity index (χ0v) is 13.1. The third kappa shape index (κ3) is 4.79. The van der Waals surface area contributed by atoms with Crippen LogP contribution in [0.15, 0.2) is 48.5 Å². The molecule has 7 heteroatoms. The van der Waals surface area contributed by atoms with Crippen molar-refractivity contribution >= 4 is 46.2 Å². The Balaban J connectivity index is 1.98. The zero-order valence-electron chi connectivity index (χ0n) is 12.3. The van der Waals surface area contributed by atoms with E-state index in [1.54, 1.807) is 6.08 Å². The summed E-state index contributed by atoms with van der Waals surface area (Å²) in [6.07, 6.45) is 2.36. The highest BCUT2D eigenvalue weighted by Crippen LogP contribution is 2.19. The fourth-order valence-corrected chi connectivity index (χ4v) is 2.06. The molecule has 2 aromatic carbocycles.